The predicted octanol–water partition coefficient (Wildman–Crippen LogP) is 3.60. The number of aryl methyl sites for hydroxylation is 1. The number of nitrogens with zero attached hydrogens (tertiary/aromatic N) is 3. The summed E-state index contributed by atoms with van der Waals surface area (Å²) >= 11 is 0. The van der Waals surface area contributed by atoms with E-state index in [1.165, 1.54) is 11.1 Å². The third kappa shape index (κ3) is 4.05. The van der Waals surface area contributed by atoms with Gasteiger partial charge in [-0.2, -0.15) is 5.10 Å². The fourth-order valence-electron chi connectivity index (χ4n) is 3.29. The van der Waals surface area contributed by atoms with Gasteiger partial charge < -0.3 is 4.90 Å². The first-order valence-electron chi connectivity index (χ1n) is 8.65. The van der Waals surface area contributed by atoms with Gasteiger partial charge in [0.25, 0.3) is 0 Å². The van der Waals surface area contributed by atoms with Crippen LogP contribution in [0.25, 0.3) is 0 Å². The molecule has 3 rings (SSSR count). The van der Waals surface area contributed by atoms with E-state index in [2.05, 4.69) is 38.0 Å². The second-order valence-corrected chi connectivity index (χ2v) is 8.14. The van der Waals surface area contributed by atoms with Crippen LogP contribution in [0.1, 0.15) is 44.2 Å². The molecule has 0 unspecified atom stereocenters. The van der Waals surface area contributed by atoms with Gasteiger partial charge in [-0.05, 0) is 28.9 Å². The second kappa shape index (κ2) is 6.42. The topological polar surface area (TPSA) is 38.1 Å². The van der Waals surface area contributed by atoms with E-state index in [1.54, 1.807) is 0 Å². The van der Waals surface area contributed by atoms with E-state index >= 15 is 0 Å². The van der Waals surface area contributed by atoms with Gasteiger partial charge >= 0.3 is 0 Å². The number of hydrogen-bond donors (Lipinski definition) is 0. The van der Waals surface area contributed by atoms with Crippen molar-refractivity contribution in [3.05, 3.63) is 53.9 Å². The highest BCUT2D eigenvalue weighted by Crippen LogP contribution is 2.48. The van der Waals surface area contributed by atoms with Crippen molar-refractivity contribution in [2.75, 3.05) is 6.54 Å². The van der Waals surface area contributed by atoms with Crippen molar-refractivity contribution in [1.82, 2.24) is 14.7 Å². The van der Waals surface area contributed by atoms with Crippen LogP contribution in [-0.4, -0.2) is 27.1 Å². The summed E-state index contributed by atoms with van der Waals surface area (Å²) in [6.45, 7) is 8.02. The highest BCUT2D eigenvalue weighted by Gasteiger charge is 2.46. The first kappa shape index (κ1) is 16.7. The molecule has 1 heterocycles. The fraction of sp³-hybridized carbons (Fsp3) is 0.500. The molecule has 0 saturated heterocycles. The van der Waals surface area contributed by atoms with Gasteiger partial charge in [-0.15, -0.1) is 0 Å². The van der Waals surface area contributed by atoms with Gasteiger partial charge in [-0.25, -0.2) is 0 Å². The molecule has 0 radical (unpaired) electrons. The van der Waals surface area contributed by atoms with Crippen LogP contribution in [0.5, 0.6) is 0 Å². The molecule has 1 aliphatic rings. The zero-order valence-corrected chi connectivity index (χ0v) is 15.1. The van der Waals surface area contributed by atoms with Crippen LogP contribution in [0.2, 0.25) is 0 Å². The van der Waals surface area contributed by atoms with Crippen LogP contribution in [0.3, 0.4) is 0 Å². The first-order chi connectivity index (χ1) is 11.3. The standard InChI is InChI=1S/C20H27N3O/c1-20(2,3)14-23(12-15-8-6-5-7-9-15)19(24)18-10-17(18)16-11-21-22(4)13-16/h5-9,11,13,17-18H,10,12,14H2,1-4H3/t17-,18-/m0/s1. The minimum absolute atomic E-state index is 0.0864. The first-order valence-corrected chi connectivity index (χ1v) is 8.65. The van der Waals surface area contributed by atoms with Crippen molar-refractivity contribution < 1.29 is 4.79 Å². The Morgan fingerprint density at radius 3 is 2.58 bits per heavy atom. The van der Waals surface area contributed by atoms with Gasteiger partial charge in [0.1, 0.15) is 0 Å². The van der Waals surface area contributed by atoms with E-state index in [0.29, 0.717) is 12.5 Å². The summed E-state index contributed by atoms with van der Waals surface area (Å²) < 4.78 is 1.81. The maximum atomic E-state index is 13.1. The maximum Gasteiger partial charge on any atom is 0.226 e. The van der Waals surface area contributed by atoms with Crippen LogP contribution < -0.4 is 0 Å². The molecule has 1 aromatic carbocycles. The molecular formula is C20H27N3O. The number of carbonyl (C=O) groups is 1. The number of hydrogen-bond acceptors (Lipinski definition) is 2. The molecule has 0 bridgehead atoms. The lowest BCUT2D eigenvalue weighted by Gasteiger charge is -2.30. The number of aromatic nitrogens is 2. The van der Waals surface area contributed by atoms with Crippen LogP contribution in [0, 0.1) is 11.3 Å². The second-order valence-electron chi connectivity index (χ2n) is 8.14. The molecule has 4 nitrogen and oxygen atoms in total. The van der Waals surface area contributed by atoms with Gasteiger partial charge in [-0.1, -0.05) is 51.1 Å². The lowest BCUT2D eigenvalue weighted by molar-refractivity contribution is -0.134. The highest BCUT2D eigenvalue weighted by molar-refractivity contribution is 5.83. The summed E-state index contributed by atoms with van der Waals surface area (Å²) in [6, 6.07) is 10.3. The number of rotatable bonds is 5. The Morgan fingerprint density at radius 2 is 2.00 bits per heavy atom. The molecular weight excluding hydrogens is 298 g/mol. The summed E-state index contributed by atoms with van der Waals surface area (Å²) in [5.74, 6) is 0.729. The predicted molar refractivity (Wildman–Crippen MR) is 95.4 cm³/mol. The third-order valence-electron chi connectivity index (χ3n) is 4.45. The Bertz CT molecular complexity index is 699. The van der Waals surface area contributed by atoms with Gasteiger partial charge in [0, 0.05) is 32.3 Å². The molecule has 1 aliphatic carbocycles. The molecule has 1 fully saturated rings. The van der Waals surface area contributed by atoms with E-state index in [9.17, 15) is 4.79 Å². The monoisotopic (exact) mass is 325 g/mol. The van der Waals surface area contributed by atoms with Crippen molar-refractivity contribution in [1.29, 1.82) is 0 Å². The molecule has 2 atom stereocenters. The molecule has 1 aromatic heterocycles. The van der Waals surface area contributed by atoms with Gasteiger partial charge in [0.15, 0.2) is 0 Å². The average molecular weight is 325 g/mol. The van der Waals surface area contributed by atoms with Crippen LogP contribution in [0.4, 0.5) is 0 Å². The lowest BCUT2D eigenvalue weighted by Crippen LogP contribution is -2.38. The summed E-state index contributed by atoms with van der Waals surface area (Å²) in [6.07, 6.45) is 4.87. The molecule has 0 N–H and O–H groups in total. The summed E-state index contributed by atoms with van der Waals surface area (Å²) in [5.41, 5.74) is 2.46. The summed E-state index contributed by atoms with van der Waals surface area (Å²) in [4.78, 5) is 15.1. The molecule has 2 aromatic rings. The van der Waals surface area contributed by atoms with Crippen LogP contribution in [-0.2, 0) is 18.4 Å². The Labute approximate surface area is 144 Å². The number of benzene rings is 1. The quantitative estimate of drug-likeness (QED) is 0.842. The number of amides is 1. The Kier molecular flexibility index (Phi) is 4.48. The average Bonchev–Trinajstić information content (AvgIpc) is 3.20. The molecule has 4 heteroatoms. The summed E-state index contributed by atoms with van der Waals surface area (Å²) in [7, 11) is 1.92. The number of carbonyl (C=O) groups excluding carboxylic acids is 1. The van der Waals surface area contributed by atoms with E-state index < -0.39 is 0 Å². The molecule has 24 heavy (non-hydrogen) atoms. The van der Waals surface area contributed by atoms with Crippen molar-refractivity contribution in [2.24, 2.45) is 18.4 Å². The third-order valence-corrected chi connectivity index (χ3v) is 4.45. The molecule has 0 spiro atoms. The van der Waals surface area contributed by atoms with Crippen LogP contribution >= 0.6 is 0 Å². The van der Waals surface area contributed by atoms with Crippen molar-refractivity contribution in [3.63, 3.8) is 0 Å². The van der Waals surface area contributed by atoms with Crippen molar-refractivity contribution in [3.8, 4) is 0 Å². The molecule has 1 amide bonds. The smallest absolute Gasteiger partial charge is 0.226 e. The Morgan fingerprint density at radius 1 is 1.29 bits per heavy atom. The van der Waals surface area contributed by atoms with E-state index in [0.717, 1.165) is 13.0 Å². The largest absolute Gasteiger partial charge is 0.338 e. The van der Waals surface area contributed by atoms with Gasteiger partial charge in [-0.3, -0.25) is 9.48 Å². The molecule has 1 saturated carbocycles. The summed E-state index contributed by atoms with van der Waals surface area (Å²) in [5, 5.41) is 4.24. The minimum atomic E-state index is 0.0864. The van der Waals surface area contributed by atoms with E-state index in [1.807, 2.05) is 47.2 Å². The Balaban J connectivity index is 1.72. The normalized spacial score (nSPS) is 20.0. The molecule has 0 aliphatic heterocycles. The maximum absolute atomic E-state index is 13.1. The van der Waals surface area contributed by atoms with Crippen molar-refractivity contribution in [2.45, 2.75) is 39.7 Å². The minimum Gasteiger partial charge on any atom is -0.338 e. The zero-order valence-electron chi connectivity index (χ0n) is 15.1. The Hall–Kier alpha value is -2.10. The van der Waals surface area contributed by atoms with Gasteiger partial charge in [0.05, 0.1) is 6.20 Å². The zero-order chi connectivity index (χ0) is 17.3. The van der Waals surface area contributed by atoms with Crippen molar-refractivity contribution >= 4 is 5.91 Å². The van der Waals surface area contributed by atoms with E-state index in [-0.39, 0.29) is 17.2 Å². The molecule has 128 valence electrons. The highest BCUT2D eigenvalue weighted by atomic mass is 16.2. The lowest BCUT2D eigenvalue weighted by atomic mass is 9.95. The van der Waals surface area contributed by atoms with Crippen LogP contribution in [0.15, 0.2) is 42.7 Å². The van der Waals surface area contributed by atoms with Gasteiger partial charge in [0.2, 0.25) is 5.91 Å². The fourth-order valence-corrected chi connectivity index (χ4v) is 3.29. The SMILES string of the molecule is Cn1cc([C@@H]2C[C@@H]2C(=O)N(Cc2ccccc2)CC(C)(C)C)cn1. The van der Waals surface area contributed by atoms with E-state index in [4.69, 9.17) is 0 Å².